The van der Waals surface area contributed by atoms with Gasteiger partial charge in [0.15, 0.2) is 7.28 Å². The highest BCUT2D eigenvalue weighted by Crippen LogP contribution is 2.30. The molecular weight excluding hydrogens is 379 g/mol. The van der Waals surface area contributed by atoms with Crippen LogP contribution in [-0.2, 0) is 0 Å². The van der Waals surface area contributed by atoms with E-state index in [2.05, 4.69) is 94.6 Å². The van der Waals surface area contributed by atoms with E-state index in [0.717, 1.165) is 33.5 Å². The van der Waals surface area contributed by atoms with E-state index in [0.29, 0.717) is 0 Å². The molecule has 145 valence electrons. The molecule has 3 aromatic carbocycles. The lowest BCUT2D eigenvalue weighted by Gasteiger charge is -2.08. The third-order valence-electron chi connectivity index (χ3n) is 5.58. The predicted octanol–water partition coefficient (Wildman–Crippen LogP) is 4.02. The molecule has 3 heterocycles. The molecule has 0 unspecified atom stereocenters. The molecule has 0 aliphatic heterocycles. The molecule has 0 amide bonds. The molecule has 0 aliphatic rings. The Hall–Kier alpha value is -4.12. The third-order valence-corrected chi connectivity index (χ3v) is 5.58. The van der Waals surface area contributed by atoms with Gasteiger partial charge in [0, 0.05) is 35.1 Å². The van der Waals surface area contributed by atoms with Crippen LogP contribution in [0.5, 0.6) is 0 Å². The second-order valence-corrected chi connectivity index (χ2v) is 7.53. The van der Waals surface area contributed by atoms with E-state index >= 15 is 0 Å². The van der Waals surface area contributed by atoms with Gasteiger partial charge in [0.1, 0.15) is 5.82 Å². The Bertz CT molecular complexity index is 1500. The Labute approximate surface area is 180 Å². The van der Waals surface area contributed by atoms with Gasteiger partial charge in [0.05, 0.1) is 17.4 Å². The summed E-state index contributed by atoms with van der Waals surface area (Å²) in [6, 6.07) is 29.6. The first-order valence-electron chi connectivity index (χ1n) is 10.2. The highest BCUT2D eigenvalue weighted by molar-refractivity contribution is 6.67. The molecule has 0 bridgehead atoms. The van der Waals surface area contributed by atoms with Crippen LogP contribution in [0.25, 0.3) is 33.3 Å². The van der Waals surface area contributed by atoms with E-state index in [1.54, 1.807) is 6.20 Å². The number of rotatable bonds is 4. The van der Waals surface area contributed by atoms with Gasteiger partial charge in [0.25, 0.3) is 0 Å². The molecule has 31 heavy (non-hydrogen) atoms. The smallest absolute Gasteiger partial charge is 0.191 e. The fraction of sp³-hybridized carbons (Fsp3) is 0. The summed E-state index contributed by atoms with van der Waals surface area (Å²) in [7, 11) is 2.21. The topological polar surface area (TPSA) is 35.6 Å². The second-order valence-electron chi connectivity index (χ2n) is 7.53. The fourth-order valence-corrected chi connectivity index (χ4v) is 4.19. The number of benzene rings is 3. The van der Waals surface area contributed by atoms with Crippen LogP contribution in [0.3, 0.4) is 0 Å². The number of aromatic nitrogens is 4. The first kappa shape index (κ1) is 17.7. The zero-order valence-electron chi connectivity index (χ0n) is 16.8. The Morgan fingerprint density at radius 1 is 0.677 bits per heavy atom. The zero-order chi connectivity index (χ0) is 20.6. The number of nitrogens with zero attached hydrogens (tertiary/aromatic N) is 4. The van der Waals surface area contributed by atoms with Gasteiger partial charge in [-0.25, -0.2) is 9.97 Å². The van der Waals surface area contributed by atoms with Gasteiger partial charge < -0.3 is 4.57 Å². The number of hydrogen-bond donors (Lipinski definition) is 0. The van der Waals surface area contributed by atoms with Crippen LogP contribution >= 0.6 is 0 Å². The SMILES string of the molecule is [B](c1cccc(-n2ccnc2)c1)c1ccc2c3ccccc3n(-c3ccccn3)c2c1. The largest absolute Gasteiger partial charge is 0.306 e. The van der Waals surface area contributed by atoms with Crippen LogP contribution in [-0.4, -0.2) is 26.4 Å². The maximum absolute atomic E-state index is 4.62. The minimum atomic E-state index is 0.924. The maximum Gasteiger partial charge on any atom is 0.191 e. The van der Waals surface area contributed by atoms with E-state index in [4.69, 9.17) is 0 Å². The molecule has 0 fully saturated rings. The monoisotopic (exact) mass is 397 g/mol. The molecule has 0 spiro atoms. The predicted molar refractivity (Wildman–Crippen MR) is 127 cm³/mol. The van der Waals surface area contributed by atoms with Crippen LogP contribution in [0.4, 0.5) is 0 Å². The molecule has 5 heteroatoms. The summed E-state index contributed by atoms with van der Waals surface area (Å²) in [5.41, 5.74) is 5.70. The van der Waals surface area contributed by atoms with Crippen molar-refractivity contribution in [1.82, 2.24) is 19.1 Å². The number of para-hydroxylation sites is 1. The summed E-state index contributed by atoms with van der Waals surface area (Å²) in [6.07, 6.45) is 7.40. The minimum Gasteiger partial charge on any atom is -0.306 e. The number of pyridine rings is 1. The van der Waals surface area contributed by atoms with Crippen molar-refractivity contribution in [3.63, 3.8) is 0 Å². The summed E-state index contributed by atoms with van der Waals surface area (Å²) < 4.78 is 4.25. The van der Waals surface area contributed by atoms with E-state index in [9.17, 15) is 0 Å². The lowest BCUT2D eigenvalue weighted by molar-refractivity contribution is 1.06. The normalized spacial score (nSPS) is 11.2. The molecule has 0 saturated heterocycles. The number of imidazole rings is 1. The van der Waals surface area contributed by atoms with Crippen molar-refractivity contribution in [2.45, 2.75) is 0 Å². The number of hydrogen-bond acceptors (Lipinski definition) is 2. The van der Waals surface area contributed by atoms with Gasteiger partial charge in [-0.1, -0.05) is 59.5 Å². The van der Waals surface area contributed by atoms with Crippen LogP contribution < -0.4 is 10.9 Å². The van der Waals surface area contributed by atoms with E-state index in [1.807, 2.05) is 35.4 Å². The average Bonchev–Trinajstić information content (AvgIpc) is 3.46. The Balaban J connectivity index is 1.48. The second kappa shape index (κ2) is 7.29. The molecular formula is C26H18BN4. The molecule has 0 aliphatic carbocycles. The first-order valence-corrected chi connectivity index (χ1v) is 10.2. The van der Waals surface area contributed by atoms with Gasteiger partial charge in [-0.05, 0) is 36.4 Å². The Kier molecular flexibility index (Phi) is 4.17. The van der Waals surface area contributed by atoms with Crippen LogP contribution in [0.15, 0.2) is 110 Å². The van der Waals surface area contributed by atoms with Gasteiger partial charge in [0.2, 0.25) is 0 Å². The van der Waals surface area contributed by atoms with Gasteiger partial charge in [-0.3, -0.25) is 4.57 Å². The van der Waals surface area contributed by atoms with E-state index in [1.165, 1.54) is 10.8 Å². The number of fused-ring (bicyclic) bond motifs is 3. The van der Waals surface area contributed by atoms with Crippen molar-refractivity contribution >= 4 is 40.0 Å². The molecule has 6 rings (SSSR count). The molecule has 0 atom stereocenters. The average molecular weight is 397 g/mol. The highest BCUT2D eigenvalue weighted by Gasteiger charge is 2.13. The van der Waals surface area contributed by atoms with Crippen LogP contribution in [0.2, 0.25) is 0 Å². The van der Waals surface area contributed by atoms with Gasteiger partial charge >= 0.3 is 0 Å². The first-order chi connectivity index (χ1) is 15.4. The lowest BCUT2D eigenvalue weighted by Crippen LogP contribution is -2.27. The lowest BCUT2D eigenvalue weighted by atomic mass is 9.64. The molecule has 3 aromatic heterocycles. The zero-order valence-corrected chi connectivity index (χ0v) is 16.8. The minimum absolute atomic E-state index is 0.924. The maximum atomic E-state index is 4.62. The Morgan fingerprint density at radius 3 is 2.42 bits per heavy atom. The van der Waals surface area contributed by atoms with Gasteiger partial charge in [-0.15, -0.1) is 0 Å². The van der Waals surface area contributed by atoms with Crippen molar-refractivity contribution < 1.29 is 0 Å². The third kappa shape index (κ3) is 3.11. The molecule has 6 aromatic rings. The fourth-order valence-electron chi connectivity index (χ4n) is 4.19. The van der Waals surface area contributed by atoms with E-state index in [-0.39, 0.29) is 0 Å². The summed E-state index contributed by atoms with van der Waals surface area (Å²) in [4.78, 5) is 8.77. The molecule has 4 nitrogen and oxygen atoms in total. The van der Waals surface area contributed by atoms with Crippen molar-refractivity contribution in [3.05, 3.63) is 110 Å². The standard InChI is InChI=1S/C26H18BN4/c1-2-9-24-22(8-1)23-12-11-20(17-25(23)31(24)26-10-3-4-13-29-26)27-19-6-5-7-21(16-19)30-15-14-28-18-30/h1-18H. The summed E-state index contributed by atoms with van der Waals surface area (Å²) in [6.45, 7) is 0. The van der Waals surface area contributed by atoms with Crippen LogP contribution in [0, 0.1) is 0 Å². The van der Waals surface area contributed by atoms with Crippen LogP contribution in [0.1, 0.15) is 0 Å². The van der Waals surface area contributed by atoms with Crippen molar-refractivity contribution in [2.75, 3.05) is 0 Å². The summed E-state index contributed by atoms with van der Waals surface area (Å²) in [5, 5.41) is 2.46. The van der Waals surface area contributed by atoms with Gasteiger partial charge in [-0.2, -0.15) is 0 Å². The quantitative estimate of drug-likeness (QED) is 0.422. The van der Waals surface area contributed by atoms with E-state index < -0.39 is 0 Å². The molecule has 0 N–H and O–H groups in total. The molecule has 0 saturated carbocycles. The summed E-state index contributed by atoms with van der Waals surface area (Å²) >= 11 is 0. The summed E-state index contributed by atoms with van der Waals surface area (Å²) in [5.74, 6) is 0.924. The van der Waals surface area contributed by atoms with Crippen molar-refractivity contribution in [2.24, 2.45) is 0 Å². The highest BCUT2D eigenvalue weighted by atomic mass is 15.1. The van der Waals surface area contributed by atoms with Crippen molar-refractivity contribution in [1.29, 1.82) is 0 Å². The van der Waals surface area contributed by atoms with Crippen molar-refractivity contribution in [3.8, 4) is 11.5 Å². The Morgan fingerprint density at radius 2 is 1.55 bits per heavy atom. The molecule has 1 radical (unpaired) electrons.